The van der Waals surface area contributed by atoms with Crippen LogP contribution in [-0.2, 0) is 33.2 Å². The Morgan fingerprint density at radius 1 is 0.844 bits per heavy atom. The summed E-state index contributed by atoms with van der Waals surface area (Å²) >= 11 is 3.07. The largest absolute Gasteiger partial charge is 0.442 e. The van der Waals surface area contributed by atoms with Crippen LogP contribution in [0.15, 0.2) is 102 Å². The van der Waals surface area contributed by atoms with E-state index in [1.807, 2.05) is 36.4 Å². The maximum atomic E-state index is 14.6. The second-order valence-electron chi connectivity index (χ2n) is 10.2. The van der Waals surface area contributed by atoms with Gasteiger partial charge in [-0.3, -0.25) is 4.57 Å². The lowest BCUT2D eigenvalue weighted by Crippen LogP contribution is -2.40. The quantitative estimate of drug-likeness (QED) is 0.0945. The Morgan fingerprint density at radius 2 is 1.44 bits per heavy atom. The molecule has 16 heteroatoms. The van der Waals surface area contributed by atoms with Gasteiger partial charge < -0.3 is 19.2 Å². The molecule has 0 aliphatic carbocycles. The molecule has 0 amide bonds. The predicted molar refractivity (Wildman–Crippen MR) is 161 cm³/mol. The summed E-state index contributed by atoms with van der Waals surface area (Å²) in [5, 5.41) is 8.81. The Morgan fingerprint density at radius 3 is 2.07 bits per heavy atom. The van der Waals surface area contributed by atoms with Gasteiger partial charge in [-0.15, -0.1) is 5.10 Å². The first-order valence-electron chi connectivity index (χ1n) is 13.1. The van der Waals surface area contributed by atoms with Crippen LogP contribution in [0.5, 0.6) is 5.75 Å². The fourth-order valence-electron chi connectivity index (χ4n) is 5.08. The molecule has 0 fully saturated rings. The number of benzene rings is 4. The Balaban J connectivity index is 1.66. The minimum atomic E-state index is -5.83. The second kappa shape index (κ2) is 12.4. The minimum Gasteiger partial charge on any atom is -0.421 e. The molecule has 2 atom stereocenters. The van der Waals surface area contributed by atoms with Crippen molar-refractivity contribution < 1.29 is 45.9 Å². The average molecular weight is 728 g/mol. The molecular weight excluding hydrogens is 704 g/mol. The molecule has 9 nitrogen and oxygen atoms in total. The lowest BCUT2D eigenvalue weighted by molar-refractivity contribution is 0.0557. The topological polar surface area (TPSA) is 135 Å². The fraction of sp³-hybridized carbons (Fsp3) is 0.172. The summed E-state index contributed by atoms with van der Waals surface area (Å²) in [6.07, 6.45) is -3.30. The lowest BCUT2D eigenvalue weighted by Gasteiger charge is -2.36. The first-order chi connectivity index (χ1) is 21.1. The fourth-order valence-corrected chi connectivity index (χ4v) is 6.92. The van der Waals surface area contributed by atoms with Crippen LogP contribution in [0.25, 0.3) is 11.0 Å². The Labute approximate surface area is 262 Å². The van der Waals surface area contributed by atoms with Crippen LogP contribution in [-0.4, -0.2) is 35.8 Å². The van der Waals surface area contributed by atoms with Gasteiger partial charge in [-0.2, -0.15) is 17.6 Å². The van der Waals surface area contributed by atoms with E-state index in [0.29, 0.717) is 22.2 Å². The highest BCUT2D eigenvalue weighted by Crippen LogP contribution is 2.60. The van der Waals surface area contributed by atoms with E-state index in [2.05, 4.69) is 30.8 Å². The van der Waals surface area contributed by atoms with Gasteiger partial charge in [0.1, 0.15) is 11.3 Å². The van der Waals surface area contributed by atoms with Crippen molar-refractivity contribution >= 4 is 42.2 Å². The van der Waals surface area contributed by atoms with Gasteiger partial charge in [-0.25, -0.2) is 9.25 Å². The zero-order valence-electron chi connectivity index (χ0n) is 22.9. The van der Waals surface area contributed by atoms with Crippen LogP contribution in [0.4, 0.5) is 17.6 Å². The van der Waals surface area contributed by atoms with Crippen molar-refractivity contribution in [2.45, 2.75) is 30.2 Å². The normalized spacial score (nSPS) is 15.1. The van der Waals surface area contributed by atoms with Gasteiger partial charge in [0, 0.05) is 22.9 Å². The van der Waals surface area contributed by atoms with Crippen molar-refractivity contribution in [2.24, 2.45) is 0 Å². The number of rotatable bonds is 11. The number of alkyl halides is 4. The number of para-hydroxylation sites is 1. The first-order valence-corrected chi connectivity index (χ1v) is 17.2. The first kappa shape index (κ1) is 33.0. The molecule has 45 heavy (non-hydrogen) atoms. The maximum Gasteiger partial charge on any atom is 0.442 e. The molecular formula is C29H24BrF4N3O6P2. The minimum absolute atomic E-state index is 0.111. The smallest absolute Gasteiger partial charge is 0.421 e. The van der Waals surface area contributed by atoms with Crippen LogP contribution >= 0.6 is 31.1 Å². The Kier molecular flexibility index (Phi) is 9.12. The number of nitrogens with zero attached hydrogens (tertiary/aromatic N) is 3. The van der Waals surface area contributed by atoms with Gasteiger partial charge in [-0.05, 0) is 47.0 Å². The summed E-state index contributed by atoms with van der Waals surface area (Å²) < 4.78 is 84.5. The lowest BCUT2D eigenvalue weighted by atomic mass is 9.78. The van der Waals surface area contributed by atoms with Gasteiger partial charge in [0.05, 0.1) is 11.1 Å². The number of aromatic nitrogens is 3. The number of fused-ring (bicyclic) bond motifs is 1. The van der Waals surface area contributed by atoms with E-state index in [1.165, 1.54) is 36.4 Å². The molecule has 0 saturated carbocycles. The summed E-state index contributed by atoms with van der Waals surface area (Å²) in [5.74, 6) is -0.244. The summed E-state index contributed by atoms with van der Waals surface area (Å²) in [4.78, 5) is 28.0. The van der Waals surface area contributed by atoms with Crippen LogP contribution in [0.1, 0.15) is 22.3 Å². The van der Waals surface area contributed by atoms with Crippen LogP contribution in [0.3, 0.4) is 0 Å². The summed E-state index contributed by atoms with van der Waals surface area (Å²) in [7, 11) is -11.0. The van der Waals surface area contributed by atoms with E-state index >= 15 is 0 Å². The molecule has 1 heterocycles. The average Bonchev–Trinajstić information content (AvgIpc) is 3.42. The maximum absolute atomic E-state index is 14.6. The van der Waals surface area contributed by atoms with Gasteiger partial charge in [-0.1, -0.05) is 87.9 Å². The highest BCUT2D eigenvalue weighted by molar-refractivity contribution is 9.10. The summed E-state index contributed by atoms with van der Waals surface area (Å²) in [6, 6.07) is 25.6. The van der Waals surface area contributed by atoms with Crippen molar-refractivity contribution in [3.8, 4) is 5.75 Å². The van der Waals surface area contributed by atoms with E-state index in [9.17, 15) is 41.4 Å². The molecule has 0 spiro atoms. The highest BCUT2D eigenvalue weighted by Gasteiger charge is 2.51. The predicted octanol–water partition coefficient (Wildman–Crippen LogP) is 7.44. The Bertz CT molecular complexity index is 1920. The molecule has 0 radical (unpaired) electrons. The molecule has 4 aromatic carbocycles. The van der Waals surface area contributed by atoms with Crippen molar-refractivity contribution in [1.29, 1.82) is 0 Å². The van der Waals surface area contributed by atoms with Crippen molar-refractivity contribution in [2.75, 3.05) is 0 Å². The van der Waals surface area contributed by atoms with E-state index < -0.39 is 38.1 Å². The van der Waals surface area contributed by atoms with Crippen molar-refractivity contribution in [3.05, 3.63) is 124 Å². The summed E-state index contributed by atoms with van der Waals surface area (Å²) in [6.45, 7) is 0. The van der Waals surface area contributed by atoms with Crippen LogP contribution in [0.2, 0.25) is 0 Å². The zero-order valence-corrected chi connectivity index (χ0v) is 26.3. The molecule has 0 bridgehead atoms. The summed E-state index contributed by atoms with van der Waals surface area (Å²) in [5.41, 5.74) is -3.35. The van der Waals surface area contributed by atoms with Gasteiger partial charge in [0.15, 0.2) is 0 Å². The van der Waals surface area contributed by atoms with Crippen LogP contribution in [0, 0.1) is 0 Å². The third-order valence-electron chi connectivity index (χ3n) is 7.19. The third kappa shape index (κ3) is 6.63. The van der Waals surface area contributed by atoms with Crippen molar-refractivity contribution in [1.82, 2.24) is 15.0 Å². The molecule has 3 N–H and O–H groups in total. The van der Waals surface area contributed by atoms with Crippen molar-refractivity contribution in [3.63, 3.8) is 0 Å². The third-order valence-corrected chi connectivity index (χ3v) is 9.79. The standard InChI is InChI=1S/C29H24BrF4N3O6P2/c30-24-16-20(12-15-23(24)29(33,34)45(40,41)42)18-28(21-6-2-1-3-7-21,37-26-9-5-4-8-25(26)35-36-37)17-19-10-13-22(14-11-19)43-44(38,39)27(31)32/h1-16,27H,17-18H2,(H,38,39)(H2,40,41,42). The SMILES string of the molecule is O=P(O)(Oc1ccc(CC(Cc2ccc(C(F)(F)P(=O)(O)O)c(Br)c2)(c2ccccc2)n2nnc3ccccc32)cc1)C(F)F. The second-order valence-corrected chi connectivity index (χ2v) is 14.4. The molecule has 2 unspecified atom stereocenters. The molecule has 236 valence electrons. The molecule has 0 aliphatic heterocycles. The van der Waals surface area contributed by atoms with Crippen LogP contribution < -0.4 is 4.52 Å². The zero-order chi connectivity index (χ0) is 32.6. The molecule has 5 aromatic rings. The van der Waals surface area contributed by atoms with Gasteiger partial charge >= 0.3 is 27.0 Å². The van der Waals surface area contributed by atoms with E-state index in [-0.39, 0.29) is 23.1 Å². The number of hydrogen-bond donors (Lipinski definition) is 3. The molecule has 1 aromatic heterocycles. The van der Waals surface area contributed by atoms with Gasteiger partial charge in [0.2, 0.25) is 0 Å². The van der Waals surface area contributed by atoms with E-state index in [1.54, 1.807) is 22.9 Å². The molecule has 5 rings (SSSR count). The monoisotopic (exact) mass is 727 g/mol. The number of hydrogen-bond acceptors (Lipinski definition) is 5. The molecule has 0 aliphatic rings. The van der Waals surface area contributed by atoms with Gasteiger partial charge in [0.25, 0.3) is 0 Å². The van der Waals surface area contributed by atoms with E-state index in [0.717, 1.165) is 11.6 Å². The molecule has 0 saturated heterocycles. The van der Waals surface area contributed by atoms with E-state index in [4.69, 9.17) is 0 Å². The highest BCUT2D eigenvalue weighted by atomic mass is 79.9. The Hall–Kier alpha value is -3.38. The number of halogens is 5.